The van der Waals surface area contributed by atoms with Gasteiger partial charge >= 0.3 is 17.4 Å². The highest BCUT2D eigenvalue weighted by atomic mass is 31.1. The lowest BCUT2D eigenvalue weighted by Crippen LogP contribution is -2.17. The van der Waals surface area contributed by atoms with Crippen molar-refractivity contribution in [3.05, 3.63) is 83.9 Å². The van der Waals surface area contributed by atoms with E-state index >= 15 is 0 Å². The second kappa shape index (κ2) is 12.7. The molecule has 0 fully saturated rings. The third-order valence-electron chi connectivity index (χ3n) is 5.00. The first-order valence-electron chi connectivity index (χ1n) is 10.3. The molecule has 3 rings (SSSR count). The topological polar surface area (TPSA) is 74.6 Å². The molecule has 32 heavy (non-hydrogen) atoms. The summed E-state index contributed by atoms with van der Waals surface area (Å²) in [6, 6.07) is 26.5. The molecule has 0 saturated heterocycles. The Balaban J connectivity index is 0.000000769. The van der Waals surface area contributed by atoms with Crippen molar-refractivity contribution in [1.29, 1.82) is 0 Å². The first kappa shape index (κ1) is 27.8. The molecule has 0 saturated carbocycles. The highest BCUT2D eigenvalue weighted by molar-refractivity contribution is 7.16. The molecule has 3 aromatic rings. The summed E-state index contributed by atoms with van der Waals surface area (Å²) < 4.78 is 17.0. The summed E-state index contributed by atoms with van der Waals surface area (Å²) in [6.45, 7) is 13.8. The second-order valence-electron chi connectivity index (χ2n) is 9.35. The number of benzene rings is 3. The van der Waals surface area contributed by atoms with Crippen LogP contribution in [0.1, 0.15) is 52.7 Å². The molecule has 0 radical (unpaired) electrons. The molecule has 4 nitrogen and oxygen atoms in total. The Morgan fingerprint density at radius 3 is 1.53 bits per heavy atom. The van der Waals surface area contributed by atoms with Crippen molar-refractivity contribution in [2.45, 2.75) is 52.4 Å². The summed E-state index contributed by atoms with van der Waals surface area (Å²) in [5, 5.41) is 0. The average molecular weight is 473 g/mol. The molecule has 2 unspecified atom stereocenters. The van der Waals surface area contributed by atoms with Gasteiger partial charge in [0.25, 0.3) is 0 Å². The zero-order valence-electron chi connectivity index (χ0n) is 19.6. The standard InChI is InChI=1S/C26H30.2HO2P/c1-25(2,3)20-16-17-23(24(18-20)26(4,5)6)22-15-11-10-14-21(22)19-12-8-7-9-13-19;2*1-3-2/h7-18H,1-6H3;2*3H/p+2. The molecule has 0 aliphatic carbocycles. The molecule has 0 aromatic heterocycles. The molecule has 0 spiro atoms. The van der Waals surface area contributed by atoms with Gasteiger partial charge in [0.2, 0.25) is 0 Å². The van der Waals surface area contributed by atoms with Crippen LogP contribution in [0.15, 0.2) is 72.8 Å². The Bertz CT molecular complexity index is 998. The van der Waals surface area contributed by atoms with E-state index in [0.717, 1.165) is 0 Å². The number of rotatable bonds is 2. The third-order valence-corrected chi connectivity index (χ3v) is 5.00. The first-order chi connectivity index (χ1) is 15.0. The monoisotopic (exact) mass is 472 g/mol. The summed E-state index contributed by atoms with van der Waals surface area (Å²) in [4.78, 5) is 14.1. The minimum absolute atomic E-state index is 0.0837. The van der Waals surface area contributed by atoms with E-state index in [9.17, 15) is 0 Å². The minimum atomic E-state index is -1.17. The Morgan fingerprint density at radius 2 is 1.06 bits per heavy atom. The Hall–Kier alpha value is -2.22. The molecule has 0 aliphatic rings. The summed E-state index contributed by atoms with van der Waals surface area (Å²) in [7, 11) is -2.33. The number of hydrogen-bond donors (Lipinski definition) is 2. The van der Waals surface area contributed by atoms with Crippen LogP contribution in [0.3, 0.4) is 0 Å². The maximum Gasteiger partial charge on any atom is 0.491 e. The van der Waals surface area contributed by atoms with Crippen LogP contribution < -0.4 is 0 Å². The summed E-state index contributed by atoms with van der Waals surface area (Å²) in [5.74, 6) is 0. The van der Waals surface area contributed by atoms with Gasteiger partial charge in [-0.15, -0.1) is 0 Å². The Morgan fingerprint density at radius 1 is 0.594 bits per heavy atom. The molecular formula is C26H34O4P2+2. The van der Waals surface area contributed by atoms with Crippen LogP contribution in [0, 0.1) is 0 Å². The summed E-state index contributed by atoms with van der Waals surface area (Å²) in [6.07, 6.45) is 0. The Kier molecular flexibility index (Phi) is 11.1. The van der Waals surface area contributed by atoms with E-state index < -0.39 is 17.4 Å². The summed E-state index contributed by atoms with van der Waals surface area (Å²) in [5.41, 5.74) is 8.24. The van der Waals surface area contributed by atoms with Crippen molar-refractivity contribution < 1.29 is 18.9 Å². The molecule has 0 amide bonds. The van der Waals surface area contributed by atoms with E-state index in [-0.39, 0.29) is 10.8 Å². The Labute approximate surface area is 194 Å². The number of hydrogen-bond acceptors (Lipinski definition) is 2. The van der Waals surface area contributed by atoms with Gasteiger partial charge in [-0.1, -0.05) is 114 Å². The van der Waals surface area contributed by atoms with E-state index in [2.05, 4.69) is 114 Å². The van der Waals surface area contributed by atoms with Crippen LogP contribution in [0.25, 0.3) is 22.3 Å². The van der Waals surface area contributed by atoms with Gasteiger partial charge in [-0.3, -0.25) is 0 Å². The lowest BCUT2D eigenvalue weighted by atomic mass is 9.76. The third kappa shape index (κ3) is 8.04. The van der Waals surface area contributed by atoms with Crippen molar-refractivity contribution in [2.75, 3.05) is 0 Å². The lowest BCUT2D eigenvalue weighted by molar-refractivity contribution is 0.523. The maximum atomic E-state index is 8.51. The molecule has 2 N–H and O–H groups in total. The zero-order chi connectivity index (χ0) is 24.4. The highest BCUT2D eigenvalue weighted by Crippen LogP contribution is 2.40. The van der Waals surface area contributed by atoms with Crippen LogP contribution in [-0.2, 0) is 20.0 Å². The minimum Gasteiger partial charge on any atom is -0.162 e. The fourth-order valence-electron chi connectivity index (χ4n) is 3.45. The molecular weight excluding hydrogens is 438 g/mol. The van der Waals surface area contributed by atoms with Gasteiger partial charge in [0.1, 0.15) is 0 Å². The lowest BCUT2D eigenvalue weighted by Gasteiger charge is -2.28. The first-order valence-corrected chi connectivity index (χ1v) is 12.0. The second-order valence-corrected chi connectivity index (χ2v) is 9.72. The molecule has 0 bridgehead atoms. The molecule has 2 atom stereocenters. The van der Waals surface area contributed by atoms with Crippen LogP contribution >= 0.6 is 17.4 Å². The largest absolute Gasteiger partial charge is 0.491 e. The highest BCUT2D eigenvalue weighted by Gasteiger charge is 2.23. The molecule has 0 aliphatic heterocycles. The maximum absolute atomic E-state index is 8.51. The fraction of sp³-hybridized carbons (Fsp3) is 0.308. The van der Waals surface area contributed by atoms with E-state index in [4.69, 9.17) is 18.9 Å². The van der Waals surface area contributed by atoms with Gasteiger partial charge in [-0.05, 0) is 53.3 Å². The van der Waals surface area contributed by atoms with Crippen molar-refractivity contribution >= 4 is 17.4 Å². The van der Waals surface area contributed by atoms with E-state index in [1.165, 1.54) is 33.4 Å². The van der Waals surface area contributed by atoms with E-state index in [1.54, 1.807) is 0 Å². The molecule has 3 aromatic carbocycles. The van der Waals surface area contributed by atoms with Gasteiger partial charge in [-0.25, -0.2) is 0 Å². The quantitative estimate of drug-likeness (QED) is 0.380. The fourth-order valence-corrected chi connectivity index (χ4v) is 3.45. The van der Waals surface area contributed by atoms with Gasteiger partial charge in [0.05, 0.1) is 0 Å². The van der Waals surface area contributed by atoms with E-state index in [1.807, 2.05) is 0 Å². The van der Waals surface area contributed by atoms with Crippen LogP contribution in [-0.4, -0.2) is 9.79 Å². The van der Waals surface area contributed by atoms with Crippen molar-refractivity contribution in [3.63, 3.8) is 0 Å². The van der Waals surface area contributed by atoms with Gasteiger partial charge in [0, 0.05) is 0 Å². The molecule has 170 valence electrons. The van der Waals surface area contributed by atoms with Crippen LogP contribution in [0.4, 0.5) is 0 Å². The predicted octanol–water partition coefficient (Wildman–Crippen LogP) is 7.45. The van der Waals surface area contributed by atoms with Crippen molar-refractivity contribution in [3.8, 4) is 22.3 Å². The summed E-state index contributed by atoms with van der Waals surface area (Å²) >= 11 is 0. The normalized spacial score (nSPS) is 11.2. The smallest absolute Gasteiger partial charge is 0.162 e. The van der Waals surface area contributed by atoms with Gasteiger partial charge in [-0.2, -0.15) is 9.79 Å². The van der Waals surface area contributed by atoms with Crippen LogP contribution in [0.2, 0.25) is 0 Å². The zero-order valence-corrected chi connectivity index (χ0v) is 21.6. The van der Waals surface area contributed by atoms with Crippen LogP contribution in [0.5, 0.6) is 0 Å². The predicted molar refractivity (Wildman–Crippen MR) is 137 cm³/mol. The molecule has 0 heterocycles. The van der Waals surface area contributed by atoms with Gasteiger partial charge < -0.3 is 0 Å². The van der Waals surface area contributed by atoms with Gasteiger partial charge in [0.15, 0.2) is 0 Å². The van der Waals surface area contributed by atoms with E-state index in [0.29, 0.717) is 0 Å². The SMILES string of the molecule is CC(C)(C)c1ccc(-c2ccccc2-c2ccccc2)c(C(C)(C)C)c1.O=[PH+]O.O=[PH+]O. The van der Waals surface area contributed by atoms with Crippen molar-refractivity contribution in [2.24, 2.45) is 0 Å². The average Bonchev–Trinajstić information content (AvgIpc) is 2.74. The molecule has 6 heteroatoms. The van der Waals surface area contributed by atoms with Crippen molar-refractivity contribution in [1.82, 2.24) is 0 Å².